The van der Waals surface area contributed by atoms with Crippen molar-refractivity contribution in [3.8, 4) is 0 Å². The Morgan fingerprint density at radius 3 is 2.71 bits per heavy atom. The summed E-state index contributed by atoms with van der Waals surface area (Å²) in [5.74, 6) is -0.106. The molecule has 0 aromatic heterocycles. The zero-order valence-corrected chi connectivity index (χ0v) is 10.5. The molecule has 96 valence electrons. The van der Waals surface area contributed by atoms with Crippen molar-refractivity contribution in [1.82, 2.24) is 15.5 Å². The van der Waals surface area contributed by atoms with Gasteiger partial charge in [0.25, 0.3) is 0 Å². The average molecular weight is 239 g/mol. The van der Waals surface area contributed by atoms with E-state index in [1.807, 2.05) is 0 Å². The standard InChI is InChI=1S/C12H21N3O2/c1-4-7-13-12(17)9(2)15(3)8-11(16)14-10-5-6-10/h4,9-10H,1,5-8H2,2-3H3,(H,13,17)(H,14,16). The molecule has 0 saturated heterocycles. The Hall–Kier alpha value is -1.36. The highest BCUT2D eigenvalue weighted by Gasteiger charge is 2.25. The molecule has 0 aliphatic heterocycles. The van der Waals surface area contributed by atoms with Gasteiger partial charge in [0.15, 0.2) is 0 Å². The lowest BCUT2D eigenvalue weighted by atomic mass is 10.2. The Balaban J connectivity index is 2.28. The molecule has 1 aliphatic carbocycles. The van der Waals surface area contributed by atoms with Crippen LogP contribution < -0.4 is 10.6 Å². The van der Waals surface area contributed by atoms with Crippen LogP contribution in [0.25, 0.3) is 0 Å². The molecule has 1 unspecified atom stereocenters. The number of carbonyl (C=O) groups excluding carboxylic acids is 2. The first-order valence-electron chi connectivity index (χ1n) is 5.92. The Labute approximate surface area is 102 Å². The van der Waals surface area contributed by atoms with Gasteiger partial charge in [-0.25, -0.2) is 0 Å². The third-order valence-corrected chi connectivity index (χ3v) is 2.80. The SMILES string of the molecule is C=CCNC(=O)C(C)N(C)CC(=O)NC1CC1. The maximum absolute atomic E-state index is 11.6. The summed E-state index contributed by atoms with van der Waals surface area (Å²) in [6.45, 7) is 6.01. The maximum Gasteiger partial charge on any atom is 0.237 e. The number of amides is 2. The Morgan fingerprint density at radius 1 is 1.53 bits per heavy atom. The van der Waals surface area contributed by atoms with Gasteiger partial charge in [0.2, 0.25) is 11.8 Å². The predicted molar refractivity (Wildman–Crippen MR) is 66.5 cm³/mol. The van der Waals surface area contributed by atoms with E-state index in [9.17, 15) is 9.59 Å². The van der Waals surface area contributed by atoms with Gasteiger partial charge < -0.3 is 10.6 Å². The topological polar surface area (TPSA) is 61.4 Å². The van der Waals surface area contributed by atoms with E-state index >= 15 is 0 Å². The van der Waals surface area contributed by atoms with Gasteiger partial charge in [-0.05, 0) is 26.8 Å². The number of nitrogens with one attached hydrogen (secondary N) is 2. The molecule has 1 saturated carbocycles. The van der Waals surface area contributed by atoms with Gasteiger partial charge in [-0.2, -0.15) is 0 Å². The van der Waals surface area contributed by atoms with E-state index in [1.54, 1.807) is 24.9 Å². The van der Waals surface area contributed by atoms with Gasteiger partial charge in [0.05, 0.1) is 12.6 Å². The highest BCUT2D eigenvalue weighted by molar-refractivity contribution is 5.83. The van der Waals surface area contributed by atoms with E-state index in [-0.39, 0.29) is 24.4 Å². The lowest BCUT2D eigenvalue weighted by Gasteiger charge is -2.23. The summed E-state index contributed by atoms with van der Waals surface area (Å²) >= 11 is 0. The normalized spacial score (nSPS) is 16.4. The van der Waals surface area contributed by atoms with Gasteiger partial charge in [0.1, 0.15) is 0 Å². The van der Waals surface area contributed by atoms with E-state index < -0.39 is 0 Å². The van der Waals surface area contributed by atoms with E-state index in [1.165, 1.54) is 0 Å². The minimum absolute atomic E-state index is 0.0154. The van der Waals surface area contributed by atoms with Crippen LogP contribution in [0.3, 0.4) is 0 Å². The molecule has 1 aliphatic rings. The number of hydrogen-bond donors (Lipinski definition) is 2. The zero-order chi connectivity index (χ0) is 12.8. The van der Waals surface area contributed by atoms with Gasteiger partial charge in [-0.1, -0.05) is 6.08 Å². The first-order valence-corrected chi connectivity index (χ1v) is 5.92. The number of rotatable bonds is 7. The molecule has 5 nitrogen and oxygen atoms in total. The molecule has 1 atom stereocenters. The van der Waals surface area contributed by atoms with Crippen LogP contribution in [0.15, 0.2) is 12.7 Å². The quantitative estimate of drug-likeness (QED) is 0.609. The first-order chi connectivity index (χ1) is 8.04. The van der Waals surface area contributed by atoms with E-state index in [4.69, 9.17) is 0 Å². The maximum atomic E-state index is 11.6. The Kier molecular flexibility index (Phi) is 5.15. The summed E-state index contributed by atoms with van der Waals surface area (Å²) in [6, 6.07) is 0.0423. The molecule has 0 aromatic carbocycles. The second kappa shape index (κ2) is 6.39. The van der Waals surface area contributed by atoms with Crippen LogP contribution in [-0.2, 0) is 9.59 Å². The van der Waals surface area contributed by atoms with Gasteiger partial charge >= 0.3 is 0 Å². The fraction of sp³-hybridized carbons (Fsp3) is 0.667. The highest BCUT2D eigenvalue weighted by Crippen LogP contribution is 2.18. The summed E-state index contributed by atoms with van der Waals surface area (Å²) in [6.07, 6.45) is 3.78. The van der Waals surface area contributed by atoms with Crippen molar-refractivity contribution in [2.75, 3.05) is 20.1 Å². The summed E-state index contributed by atoms with van der Waals surface area (Å²) in [7, 11) is 1.77. The van der Waals surface area contributed by atoms with E-state index in [2.05, 4.69) is 17.2 Å². The fourth-order valence-corrected chi connectivity index (χ4v) is 1.39. The third-order valence-electron chi connectivity index (χ3n) is 2.80. The van der Waals surface area contributed by atoms with Crippen molar-refractivity contribution < 1.29 is 9.59 Å². The summed E-state index contributed by atoms with van der Waals surface area (Å²) in [5, 5.41) is 5.60. The number of carbonyl (C=O) groups is 2. The molecule has 17 heavy (non-hydrogen) atoms. The van der Waals surface area contributed by atoms with Crippen LogP contribution in [-0.4, -0.2) is 48.9 Å². The zero-order valence-electron chi connectivity index (χ0n) is 10.5. The van der Waals surface area contributed by atoms with Crippen molar-refractivity contribution in [3.63, 3.8) is 0 Å². The van der Waals surface area contributed by atoms with E-state index in [0.29, 0.717) is 12.6 Å². The average Bonchev–Trinajstić information content (AvgIpc) is 3.08. The minimum atomic E-state index is -0.320. The van der Waals surface area contributed by atoms with Crippen LogP contribution in [0, 0.1) is 0 Å². The highest BCUT2D eigenvalue weighted by atomic mass is 16.2. The number of nitrogens with zero attached hydrogens (tertiary/aromatic N) is 1. The monoisotopic (exact) mass is 239 g/mol. The smallest absolute Gasteiger partial charge is 0.237 e. The molecule has 1 rings (SSSR count). The number of likely N-dealkylation sites (N-methyl/N-ethyl adjacent to an activating group) is 1. The van der Waals surface area contributed by atoms with Crippen LogP contribution in [0.5, 0.6) is 0 Å². The van der Waals surface area contributed by atoms with Crippen molar-refractivity contribution in [2.45, 2.75) is 31.8 Å². The molecule has 2 amide bonds. The molecule has 5 heteroatoms. The van der Waals surface area contributed by atoms with Gasteiger partial charge in [0, 0.05) is 12.6 Å². The number of hydrogen-bond acceptors (Lipinski definition) is 3. The van der Waals surface area contributed by atoms with Crippen molar-refractivity contribution in [1.29, 1.82) is 0 Å². The lowest BCUT2D eigenvalue weighted by molar-refractivity contribution is -0.127. The van der Waals surface area contributed by atoms with Gasteiger partial charge in [-0.3, -0.25) is 14.5 Å². The minimum Gasteiger partial charge on any atom is -0.352 e. The molecule has 0 aromatic rings. The Morgan fingerprint density at radius 2 is 2.18 bits per heavy atom. The van der Waals surface area contributed by atoms with Crippen LogP contribution >= 0.6 is 0 Å². The second-order valence-corrected chi connectivity index (χ2v) is 4.47. The van der Waals surface area contributed by atoms with Crippen molar-refractivity contribution in [2.24, 2.45) is 0 Å². The molecule has 0 radical (unpaired) electrons. The molecular formula is C12H21N3O2. The third kappa shape index (κ3) is 4.99. The van der Waals surface area contributed by atoms with E-state index in [0.717, 1.165) is 12.8 Å². The van der Waals surface area contributed by atoms with Crippen LogP contribution in [0.4, 0.5) is 0 Å². The summed E-state index contributed by atoms with van der Waals surface area (Å²) in [4.78, 5) is 24.9. The lowest BCUT2D eigenvalue weighted by Crippen LogP contribution is -2.47. The molecular weight excluding hydrogens is 218 g/mol. The first kappa shape index (κ1) is 13.7. The Bertz CT molecular complexity index is 300. The van der Waals surface area contributed by atoms with Crippen molar-refractivity contribution >= 4 is 11.8 Å². The van der Waals surface area contributed by atoms with Crippen molar-refractivity contribution in [3.05, 3.63) is 12.7 Å². The molecule has 0 heterocycles. The largest absolute Gasteiger partial charge is 0.352 e. The van der Waals surface area contributed by atoms with Crippen LogP contribution in [0.1, 0.15) is 19.8 Å². The predicted octanol–water partition coefficient (Wildman–Crippen LogP) is -0.112. The summed E-state index contributed by atoms with van der Waals surface area (Å²) < 4.78 is 0. The summed E-state index contributed by atoms with van der Waals surface area (Å²) in [5.41, 5.74) is 0. The van der Waals surface area contributed by atoms with Crippen LogP contribution in [0.2, 0.25) is 0 Å². The second-order valence-electron chi connectivity index (χ2n) is 4.47. The fourth-order valence-electron chi connectivity index (χ4n) is 1.39. The molecule has 1 fully saturated rings. The van der Waals surface area contributed by atoms with Gasteiger partial charge in [-0.15, -0.1) is 6.58 Å². The molecule has 0 bridgehead atoms. The molecule has 2 N–H and O–H groups in total. The molecule has 0 spiro atoms.